The summed E-state index contributed by atoms with van der Waals surface area (Å²) in [6.07, 6.45) is 1.25. The fourth-order valence-corrected chi connectivity index (χ4v) is 13.7. The standard InChI is InChI=1S/C26H37NO4SSi/c1-15(2)33(16(3)4,17(5)6)31-21-13-26(18(7)28)23-22(20(21)14-32-26)24(29)27(25(23)30)19-11-9-8-10-12-19/h8-13,15-18,20,22-23,28H,14H2,1-7H3/t18?,20-,22+,23-,26-/m1/s1. The molecule has 3 heterocycles. The van der Waals surface area contributed by atoms with Gasteiger partial charge in [0.15, 0.2) is 0 Å². The molecule has 0 spiro atoms. The van der Waals surface area contributed by atoms with E-state index in [0.717, 1.165) is 5.76 Å². The molecule has 5 atom stereocenters. The predicted octanol–water partition coefficient (Wildman–Crippen LogP) is 5.36. The summed E-state index contributed by atoms with van der Waals surface area (Å²) < 4.78 is 6.25. The molecule has 1 aromatic rings. The molecular formula is C26H37NO4SSi. The molecule has 7 heteroatoms. The van der Waals surface area contributed by atoms with E-state index >= 15 is 0 Å². The largest absolute Gasteiger partial charge is 0.546 e. The minimum atomic E-state index is -2.25. The number of carbonyl (C=O) groups excluding carboxylic acids is 2. The van der Waals surface area contributed by atoms with Gasteiger partial charge < -0.3 is 9.53 Å². The van der Waals surface area contributed by atoms with Gasteiger partial charge in [0.05, 0.1) is 34.1 Å². The number of imide groups is 1. The average molecular weight is 488 g/mol. The van der Waals surface area contributed by atoms with Crippen molar-refractivity contribution < 1.29 is 19.1 Å². The van der Waals surface area contributed by atoms with Crippen LogP contribution >= 0.6 is 11.8 Å². The molecule has 2 bridgehead atoms. The maximum atomic E-state index is 13.8. The molecule has 1 unspecified atom stereocenters. The zero-order valence-corrected chi connectivity index (χ0v) is 22.6. The molecule has 1 N–H and O–H groups in total. The summed E-state index contributed by atoms with van der Waals surface area (Å²) in [7, 11) is -2.25. The lowest BCUT2D eigenvalue weighted by Gasteiger charge is -2.53. The Balaban J connectivity index is 1.82. The van der Waals surface area contributed by atoms with Gasteiger partial charge in [-0.25, -0.2) is 4.90 Å². The van der Waals surface area contributed by atoms with Gasteiger partial charge in [0.25, 0.3) is 8.32 Å². The van der Waals surface area contributed by atoms with Crippen molar-refractivity contribution in [2.75, 3.05) is 10.7 Å². The molecule has 2 amide bonds. The molecule has 4 aliphatic rings. The Morgan fingerprint density at radius 1 is 1.00 bits per heavy atom. The number of thioether (sulfide) groups is 1. The minimum absolute atomic E-state index is 0.145. The highest BCUT2D eigenvalue weighted by atomic mass is 32.2. The number of carbonyl (C=O) groups is 2. The third-order valence-corrected chi connectivity index (χ3v) is 15.9. The Hall–Kier alpha value is -1.57. The number of fused-ring (bicyclic) bond motifs is 1. The number of rotatable bonds is 7. The smallest absolute Gasteiger partial charge is 0.258 e. The van der Waals surface area contributed by atoms with Crippen LogP contribution in [0.15, 0.2) is 42.2 Å². The SMILES string of the molecule is CC(O)[C@@]12C=C(O[Si](C(C)C)(C(C)C)C(C)C)[C@@H](CS1)[C@@H]1C(=O)N(c3ccccc3)C(=O)[C@@H]12. The van der Waals surface area contributed by atoms with Gasteiger partial charge >= 0.3 is 0 Å². The van der Waals surface area contributed by atoms with Crippen molar-refractivity contribution in [2.24, 2.45) is 17.8 Å². The van der Waals surface area contributed by atoms with Gasteiger partial charge in [-0.3, -0.25) is 9.59 Å². The summed E-state index contributed by atoms with van der Waals surface area (Å²) in [6, 6.07) is 9.16. The van der Waals surface area contributed by atoms with E-state index in [4.69, 9.17) is 4.43 Å². The molecule has 0 radical (unpaired) electrons. The van der Waals surface area contributed by atoms with Gasteiger partial charge in [-0.1, -0.05) is 59.7 Å². The zero-order chi connectivity index (χ0) is 24.3. The number of amides is 2. The third kappa shape index (κ3) is 3.45. The van der Waals surface area contributed by atoms with Crippen molar-refractivity contribution >= 4 is 37.6 Å². The molecule has 1 aromatic carbocycles. The summed E-state index contributed by atoms with van der Waals surface area (Å²) >= 11 is 1.61. The second-order valence-corrected chi connectivity index (χ2v) is 17.5. The maximum Gasteiger partial charge on any atom is 0.258 e. The predicted molar refractivity (Wildman–Crippen MR) is 136 cm³/mol. The van der Waals surface area contributed by atoms with Crippen LogP contribution in [-0.2, 0) is 14.0 Å². The highest BCUT2D eigenvalue weighted by Gasteiger charge is 2.67. The van der Waals surface area contributed by atoms with Crippen molar-refractivity contribution in [1.29, 1.82) is 0 Å². The number of aliphatic hydroxyl groups is 1. The van der Waals surface area contributed by atoms with Crippen LogP contribution in [0.1, 0.15) is 48.5 Å². The lowest BCUT2D eigenvalue weighted by Crippen LogP contribution is -2.59. The number of allylic oxidation sites excluding steroid dienone is 1. The number of anilines is 1. The topological polar surface area (TPSA) is 66.8 Å². The molecule has 2 fully saturated rings. The summed E-state index contributed by atoms with van der Waals surface area (Å²) in [5.74, 6) is -0.0561. The van der Waals surface area contributed by atoms with E-state index in [2.05, 4.69) is 41.5 Å². The second-order valence-electron chi connectivity index (χ2n) is 10.8. The van der Waals surface area contributed by atoms with Crippen LogP contribution in [-0.4, -0.2) is 41.8 Å². The van der Waals surface area contributed by atoms with Crippen molar-refractivity contribution in [2.45, 2.75) is 75.9 Å². The summed E-state index contributed by atoms with van der Waals surface area (Å²) in [4.78, 5) is 28.8. The molecule has 5 rings (SSSR count). The Bertz CT molecular complexity index is 939. The maximum absolute atomic E-state index is 13.8. The van der Waals surface area contributed by atoms with Gasteiger partial charge in [-0.2, -0.15) is 0 Å². The van der Waals surface area contributed by atoms with E-state index in [1.807, 2.05) is 24.3 Å². The van der Waals surface area contributed by atoms with E-state index in [1.54, 1.807) is 30.8 Å². The molecule has 180 valence electrons. The van der Waals surface area contributed by atoms with E-state index in [1.165, 1.54) is 4.90 Å². The second kappa shape index (κ2) is 8.58. The average Bonchev–Trinajstić information content (AvgIpc) is 3.04. The minimum Gasteiger partial charge on any atom is -0.546 e. The highest BCUT2D eigenvalue weighted by Crippen LogP contribution is 2.61. The summed E-state index contributed by atoms with van der Waals surface area (Å²) in [6.45, 7) is 15.2. The van der Waals surface area contributed by atoms with Crippen LogP contribution in [0.2, 0.25) is 16.6 Å². The molecule has 0 saturated carbocycles. The molecule has 5 nitrogen and oxygen atoms in total. The number of aliphatic hydroxyl groups excluding tert-OH is 1. The highest BCUT2D eigenvalue weighted by molar-refractivity contribution is 8.01. The quantitative estimate of drug-likeness (QED) is 0.414. The van der Waals surface area contributed by atoms with Crippen LogP contribution in [0.5, 0.6) is 0 Å². The summed E-state index contributed by atoms with van der Waals surface area (Å²) in [5, 5.41) is 11.0. The van der Waals surface area contributed by atoms with Gasteiger partial charge in [-0.05, 0) is 41.8 Å². The molecular weight excluding hydrogens is 450 g/mol. The molecule has 33 heavy (non-hydrogen) atoms. The first-order valence-electron chi connectivity index (χ1n) is 12.2. The normalized spacial score (nSPS) is 30.3. The van der Waals surface area contributed by atoms with Gasteiger partial charge in [0.2, 0.25) is 11.8 Å². The Kier molecular flexibility index (Phi) is 6.38. The van der Waals surface area contributed by atoms with Crippen molar-refractivity contribution in [3.05, 3.63) is 42.2 Å². The monoisotopic (exact) mass is 487 g/mol. The Labute approximate surface area is 203 Å². The van der Waals surface area contributed by atoms with Crippen LogP contribution in [0, 0.1) is 17.8 Å². The Morgan fingerprint density at radius 2 is 1.58 bits per heavy atom. The Morgan fingerprint density at radius 3 is 2.09 bits per heavy atom. The fourth-order valence-electron chi connectivity index (χ4n) is 6.71. The molecule has 1 aliphatic carbocycles. The first kappa shape index (κ1) is 24.5. The molecule has 0 aromatic heterocycles. The molecule has 3 aliphatic heterocycles. The van der Waals surface area contributed by atoms with Crippen molar-refractivity contribution in [3.63, 3.8) is 0 Å². The summed E-state index contributed by atoms with van der Waals surface area (Å²) in [5.41, 5.74) is 1.79. The van der Waals surface area contributed by atoms with E-state index in [-0.39, 0.29) is 17.7 Å². The number of benzene rings is 1. The van der Waals surface area contributed by atoms with Crippen LogP contribution in [0.3, 0.4) is 0 Å². The van der Waals surface area contributed by atoms with Gasteiger partial charge in [0, 0.05) is 11.7 Å². The fraction of sp³-hybridized carbons (Fsp3) is 0.615. The van der Waals surface area contributed by atoms with Gasteiger partial charge in [0.1, 0.15) is 0 Å². The van der Waals surface area contributed by atoms with Crippen LogP contribution in [0.25, 0.3) is 0 Å². The lowest BCUT2D eigenvalue weighted by molar-refractivity contribution is -0.123. The third-order valence-electron chi connectivity index (χ3n) is 8.19. The van der Waals surface area contributed by atoms with Crippen LogP contribution in [0.4, 0.5) is 5.69 Å². The van der Waals surface area contributed by atoms with E-state index < -0.39 is 31.0 Å². The van der Waals surface area contributed by atoms with Crippen molar-refractivity contribution in [1.82, 2.24) is 0 Å². The zero-order valence-electron chi connectivity index (χ0n) is 20.7. The number of para-hydroxylation sites is 1. The van der Waals surface area contributed by atoms with Crippen LogP contribution < -0.4 is 4.90 Å². The van der Waals surface area contributed by atoms with E-state index in [9.17, 15) is 14.7 Å². The number of hydrogen-bond acceptors (Lipinski definition) is 5. The first-order chi connectivity index (χ1) is 15.5. The molecule has 2 saturated heterocycles. The first-order valence-corrected chi connectivity index (χ1v) is 15.3. The van der Waals surface area contributed by atoms with E-state index in [0.29, 0.717) is 28.1 Å². The van der Waals surface area contributed by atoms with Crippen molar-refractivity contribution in [3.8, 4) is 0 Å². The van der Waals surface area contributed by atoms with Gasteiger partial charge in [-0.15, -0.1) is 11.8 Å². The number of nitrogens with zero attached hydrogens (tertiary/aromatic N) is 1. The number of hydrogen-bond donors (Lipinski definition) is 1. The lowest BCUT2D eigenvalue weighted by atomic mass is 9.68.